The quantitative estimate of drug-likeness (QED) is 0.169. The van der Waals surface area contributed by atoms with Crippen LogP contribution in [0.3, 0.4) is 0 Å². The van der Waals surface area contributed by atoms with Crippen molar-refractivity contribution in [2.24, 2.45) is 0 Å². The standard InChI is InChI=1S/C31H30ClF2N3O3S2/c1-20-5-3-4-6-26(20)28-13-21(7-8-27(28)30(38)36-29(9-10-41-2)31(39)40-32)16-37(18-25-15-35-19-42-25)17-22-11-23(33)14-24(34)12-22/h3-8,11-15,19,29H,9-10,16-18H2,1-2H3,(H,36,38). The fourth-order valence-corrected chi connectivity index (χ4v) is 5.90. The van der Waals surface area contributed by atoms with Crippen molar-refractivity contribution in [3.05, 3.63) is 111 Å². The van der Waals surface area contributed by atoms with Gasteiger partial charge in [0.2, 0.25) is 0 Å². The van der Waals surface area contributed by atoms with Crippen LogP contribution < -0.4 is 5.32 Å². The molecule has 0 radical (unpaired) electrons. The number of hydrogen-bond donors (Lipinski definition) is 1. The fraction of sp³-hybridized carbons (Fsp3) is 0.258. The smallest absolute Gasteiger partial charge is 0.345 e. The Hall–Kier alpha value is -3.31. The molecule has 3 aromatic carbocycles. The van der Waals surface area contributed by atoms with Crippen LogP contribution in [0, 0.1) is 18.6 Å². The Morgan fingerprint density at radius 3 is 2.43 bits per heavy atom. The number of hydrogen-bond acceptors (Lipinski definition) is 7. The number of halogens is 3. The van der Waals surface area contributed by atoms with Crippen LogP contribution in [-0.2, 0) is 28.7 Å². The summed E-state index contributed by atoms with van der Waals surface area (Å²) in [4.78, 5) is 33.0. The van der Waals surface area contributed by atoms with Gasteiger partial charge in [-0.25, -0.2) is 13.6 Å². The number of thioether (sulfide) groups is 1. The van der Waals surface area contributed by atoms with Crippen molar-refractivity contribution in [3.8, 4) is 11.1 Å². The van der Waals surface area contributed by atoms with E-state index in [9.17, 15) is 18.4 Å². The summed E-state index contributed by atoms with van der Waals surface area (Å²) in [6.45, 7) is 3.21. The molecule has 1 unspecified atom stereocenters. The summed E-state index contributed by atoms with van der Waals surface area (Å²) in [5, 5.41) is 2.78. The van der Waals surface area contributed by atoms with Gasteiger partial charge in [-0.2, -0.15) is 11.8 Å². The first kappa shape index (κ1) is 31.6. The van der Waals surface area contributed by atoms with Crippen LogP contribution in [0.25, 0.3) is 11.1 Å². The second-order valence-electron chi connectivity index (χ2n) is 9.79. The third kappa shape index (κ3) is 8.61. The number of carbonyl (C=O) groups is 2. The number of benzene rings is 3. The van der Waals surface area contributed by atoms with Crippen molar-refractivity contribution in [1.29, 1.82) is 0 Å². The van der Waals surface area contributed by atoms with Crippen LogP contribution in [0.1, 0.15) is 38.3 Å². The summed E-state index contributed by atoms with van der Waals surface area (Å²) < 4.78 is 32.3. The van der Waals surface area contributed by atoms with Crippen molar-refractivity contribution >= 4 is 46.8 Å². The molecule has 0 saturated carbocycles. The fourth-order valence-electron chi connectivity index (χ4n) is 4.69. The molecule has 1 amide bonds. The van der Waals surface area contributed by atoms with Crippen LogP contribution in [0.2, 0.25) is 0 Å². The van der Waals surface area contributed by atoms with Crippen molar-refractivity contribution in [2.75, 3.05) is 12.0 Å². The average Bonchev–Trinajstić information content (AvgIpc) is 3.47. The number of nitrogens with zero attached hydrogens (tertiary/aromatic N) is 2. The molecule has 220 valence electrons. The van der Waals surface area contributed by atoms with Crippen LogP contribution >= 0.6 is 35.0 Å². The van der Waals surface area contributed by atoms with Gasteiger partial charge in [0.15, 0.2) is 0 Å². The molecule has 11 heteroatoms. The van der Waals surface area contributed by atoms with E-state index in [-0.39, 0.29) is 0 Å². The summed E-state index contributed by atoms with van der Waals surface area (Å²) in [6, 6.07) is 15.9. The molecular weight excluding hydrogens is 600 g/mol. The summed E-state index contributed by atoms with van der Waals surface area (Å²) in [5.41, 5.74) is 6.07. The van der Waals surface area contributed by atoms with E-state index < -0.39 is 29.6 Å². The van der Waals surface area contributed by atoms with Crippen molar-refractivity contribution in [2.45, 2.75) is 39.0 Å². The Kier molecular flexibility index (Phi) is 11.5. The van der Waals surface area contributed by atoms with Gasteiger partial charge in [-0.1, -0.05) is 30.3 Å². The highest BCUT2D eigenvalue weighted by molar-refractivity contribution is 7.98. The van der Waals surface area contributed by atoms with Gasteiger partial charge in [0, 0.05) is 42.3 Å². The molecule has 0 aliphatic rings. The summed E-state index contributed by atoms with van der Waals surface area (Å²) >= 11 is 8.38. The molecule has 0 spiro atoms. The molecule has 42 heavy (non-hydrogen) atoms. The lowest BCUT2D eigenvalue weighted by Gasteiger charge is -2.23. The maximum atomic E-state index is 14.0. The lowest BCUT2D eigenvalue weighted by Crippen LogP contribution is -2.41. The second-order valence-corrected chi connectivity index (χ2v) is 11.9. The first-order valence-electron chi connectivity index (χ1n) is 13.1. The van der Waals surface area contributed by atoms with E-state index in [4.69, 9.17) is 11.9 Å². The van der Waals surface area contributed by atoms with Crippen molar-refractivity contribution < 1.29 is 22.7 Å². The second kappa shape index (κ2) is 15.2. The molecule has 0 fully saturated rings. The predicted octanol–water partition coefficient (Wildman–Crippen LogP) is 7.15. The molecule has 0 aliphatic carbocycles. The Morgan fingerprint density at radius 1 is 1.02 bits per heavy atom. The van der Waals surface area contributed by atoms with Crippen LogP contribution in [0.4, 0.5) is 8.78 Å². The topological polar surface area (TPSA) is 71.5 Å². The van der Waals surface area contributed by atoms with Gasteiger partial charge in [0.1, 0.15) is 29.5 Å². The van der Waals surface area contributed by atoms with E-state index in [2.05, 4.69) is 19.5 Å². The van der Waals surface area contributed by atoms with Gasteiger partial charge in [-0.15, -0.1) is 11.3 Å². The van der Waals surface area contributed by atoms with Crippen LogP contribution in [0.5, 0.6) is 0 Å². The number of thiazole rings is 1. The van der Waals surface area contributed by atoms with Crippen molar-refractivity contribution in [3.63, 3.8) is 0 Å². The zero-order valence-electron chi connectivity index (χ0n) is 23.1. The molecule has 0 saturated heterocycles. The Morgan fingerprint density at radius 2 is 1.76 bits per heavy atom. The minimum atomic E-state index is -0.895. The van der Waals surface area contributed by atoms with Gasteiger partial charge in [-0.05, 0) is 77.4 Å². The monoisotopic (exact) mass is 629 g/mol. The predicted molar refractivity (Wildman–Crippen MR) is 164 cm³/mol. The third-order valence-corrected chi connectivity index (χ3v) is 8.20. The Labute approximate surface area is 257 Å². The summed E-state index contributed by atoms with van der Waals surface area (Å²) in [7, 11) is 0. The largest absolute Gasteiger partial charge is 0.346 e. The number of amides is 1. The molecule has 1 atom stereocenters. The molecule has 1 aromatic heterocycles. The SMILES string of the molecule is CSCCC(NC(=O)c1ccc(CN(Cc2cc(F)cc(F)c2)Cc2cncs2)cc1-c1ccccc1C)C(=O)OCl. The highest BCUT2D eigenvalue weighted by Crippen LogP contribution is 2.29. The van der Waals surface area contributed by atoms with E-state index in [1.54, 1.807) is 29.5 Å². The van der Waals surface area contributed by atoms with Gasteiger partial charge < -0.3 is 9.61 Å². The van der Waals surface area contributed by atoms with E-state index in [0.717, 1.165) is 27.6 Å². The zero-order valence-corrected chi connectivity index (χ0v) is 25.5. The maximum Gasteiger partial charge on any atom is 0.346 e. The molecule has 4 rings (SSSR count). The van der Waals surface area contributed by atoms with E-state index >= 15 is 0 Å². The van der Waals surface area contributed by atoms with Crippen LogP contribution in [-0.4, -0.2) is 39.8 Å². The normalized spacial score (nSPS) is 11.9. The van der Waals surface area contributed by atoms with Gasteiger partial charge in [0.05, 0.1) is 5.51 Å². The molecule has 1 N–H and O–H groups in total. The van der Waals surface area contributed by atoms with E-state index in [1.807, 2.05) is 49.6 Å². The number of nitrogens with one attached hydrogen (secondary N) is 1. The van der Waals surface area contributed by atoms with Gasteiger partial charge in [-0.3, -0.25) is 14.7 Å². The Bertz CT molecular complexity index is 1500. The van der Waals surface area contributed by atoms with E-state index in [0.29, 0.717) is 48.5 Å². The van der Waals surface area contributed by atoms with Gasteiger partial charge >= 0.3 is 5.97 Å². The maximum absolute atomic E-state index is 14.0. The molecule has 0 aliphatic heterocycles. The minimum Gasteiger partial charge on any atom is -0.345 e. The third-order valence-electron chi connectivity index (χ3n) is 6.64. The first-order chi connectivity index (χ1) is 20.3. The first-order valence-corrected chi connectivity index (χ1v) is 15.7. The van der Waals surface area contributed by atoms with Crippen LogP contribution in [0.15, 0.2) is 72.4 Å². The summed E-state index contributed by atoms with van der Waals surface area (Å²) in [6.07, 6.45) is 4.04. The molecule has 1 heterocycles. The zero-order chi connectivity index (χ0) is 30.1. The Balaban J connectivity index is 1.68. The molecular formula is C31H30ClF2N3O3S2. The number of rotatable bonds is 13. The van der Waals surface area contributed by atoms with Crippen molar-refractivity contribution in [1.82, 2.24) is 15.2 Å². The number of aryl methyl sites for hydroxylation is 1. The highest BCUT2D eigenvalue weighted by atomic mass is 35.5. The lowest BCUT2D eigenvalue weighted by atomic mass is 9.93. The molecule has 4 aromatic rings. The molecule has 0 bridgehead atoms. The van der Waals surface area contributed by atoms with Gasteiger partial charge in [0.25, 0.3) is 5.91 Å². The number of aromatic nitrogens is 1. The number of carbonyl (C=O) groups excluding carboxylic acids is 2. The summed E-state index contributed by atoms with van der Waals surface area (Å²) in [5.74, 6) is -1.78. The average molecular weight is 630 g/mol. The van der Waals surface area contributed by atoms with E-state index in [1.165, 1.54) is 23.5 Å². The molecule has 6 nitrogen and oxygen atoms in total. The highest BCUT2D eigenvalue weighted by Gasteiger charge is 2.25. The minimum absolute atomic E-state index is 0.298. The lowest BCUT2D eigenvalue weighted by molar-refractivity contribution is -0.136.